The number of nitro groups is 1. The topological polar surface area (TPSA) is 125 Å². The molecule has 0 unspecified atom stereocenters. The van der Waals surface area contributed by atoms with Crippen LogP contribution in [0.5, 0.6) is 0 Å². The smallest absolute Gasteiger partial charge is 0.271 e. The number of hydrogen-bond acceptors (Lipinski definition) is 7. The van der Waals surface area contributed by atoms with Gasteiger partial charge in [-0.3, -0.25) is 24.6 Å². The predicted molar refractivity (Wildman–Crippen MR) is 128 cm³/mol. The van der Waals surface area contributed by atoms with E-state index in [9.17, 15) is 23.3 Å². The average Bonchev–Trinajstić information content (AvgIpc) is 3.11. The van der Waals surface area contributed by atoms with Crippen molar-refractivity contribution in [1.82, 2.24) is 9.62 Å². The first-order valence-corrected chi connectivity index (χ1v) is 12.7. The van der Waals surface area contributed by atoms with Gasteiger partial charge in [-0.15, -0.1) is 0 Å². The molecule has 0 aliphatic carbocycles. The Kier molecular flexibility index (Phi) is 6.56. The Morgan fingerprint density at radius 2 is 1.85 bits per heavy atom. The molecule has 1 fully saturated rings. The second-order valence-electron chi connectivity index (χ2n) is 8.50. The van der Waals surface area contributed by atoms with E-state index in [1.165, 1.54) is 18.2 Å². The number of nitro benzene ring substituents is 1. The van der Waals surface area contributed by atoms with E-state index in [1.54, 1.807) is 29.2 Å². The van der Waals surface area contributed by atoms with Crippen molar-refractivity contribution >= 4 is 33.1 Å². The van der Waals surface area contributed by atoms with Crippen LogP contribution in [-0.2, 0) is 14.8 Å². The largest absolute Gasteiger partial charge is 0.368 e. The number of amidine groups is 1. The Labute approximate surface area is 198 Å². The van der Waals surface area contributed by atoms with Crippen molar-refractivity contribution in [1.29, 1.82) is 0 Å². The van der Waals surface area contributed by atoms with Crippen LogP contribution in [0.25, 0.3) is 0 Å². The van der Waals surface area contributed by atoms with Gasteiger partial charge in [0.05, 0.1) is 9.82 Å². The van der Waals surface area contributed by atoms with Gasteiger partial charge in [-0.05, 0) is 24.1 Å². The van der Waals surface area contributed by atoms with Crippen molar-refractivity contribution in [2.75, 3.05) is 31.1 Å². The van der Waals surface area contributed by atoms with E-state index >= 15 is 0 Å². The van der Waals surface area contributed by atoms with E-state index in [-0.39, 0.29) is 28.2 Å². The van der Waals surface area contributed by atoms with Crippen LogP contribution in [0.2, 0.25) is 0 Å². The van der Waals surface area contributed by atoms with E-state index in [4.69, 9.17) is 0 Å². The zero-order chi connectivity index (χ0) is 24.5. The Balaban J connectivity index is 1.52. The van der Waals surface area contributed by atoms with E-state index in [0.29, 0.717) is 38.2 Å². The van der Waals surface area contributed by atoms with Gasteiger partial charge in [-0.1, -0.05) is 38.5 Å². The summed E-state index contributed by atoms with van der Waals surface area (Å²) in [5.74, 6) is -0.0410. The second-order valence-corrected chi connectivity index (χ2v) is 10.1. The Bertz CT molecular complexity index is 1240. The van der Waals surface area contributed by atoms with Crippen LogP contribution in [0.4, 0.5) is 11.4 Å². The zero-order valence-electron chi connectivity index (χ0n) is 19.0. The fraction of sp³-hybridized carbons (Fsp3) is 0.391. The molecule has 2 aliphatic heterocycles. The molecular formula is C23H27N5O5S. The van der Waals surface area contributed by atoms with Crippen LogP contribution in [-0.4, -0.2) is 62.2 Å². The number of benzene rings is 2. The molecule has 10 nitrogen and oxygen atoms in total. The van der Waals surface area contributed by atoms with E-state index in [0.717, 1.165) is 5.69 Å². The molecule has 4 rings (SSSR count). The van der Waals surface area contributed by atoms with Gasteiger partial charge in [0.2, 0.25) is 5.91 Å². The van der Waals surface area contributed by atoms with Crippen LogP contribution >= 0.6 is 0 Å². The number of amides is 1. The molecule has 0 saturated carbocycles. The molecule has 2 aromatic carbocycles. The number of piperazine rings is 1. The van der Waals surface area contributed by atoms with Gasteiger partial charge in [0, 0.05) is 49.6 Å². The van der Waals surface area contributed by atoms with E-state index in [1.807, 2.05) is 24.8 Å². The molecule has 2 atom stereocenters. The minimum absolute atomic E-state index is 0.0305. The lowest BCUT2D eigenvalue weighted by Crippen LogP contribution is -2.52. The monoisotopic (exact) mass is 485 g/mol. The van der Waals surface area contributed by atoms with Gasteiger partial charge in [-0.25, -0.2) is 8.42 Å². The molecule has 2 heterocycles. The second kappa shape index (κ2) is 9.41. The summed E-state index contributed by atoms with van der Waals surface area (Å²) in [4.78, 5) is 32.7. The first-order valence-electron chi connectivity index (χ1n) is 11.2. The SMILES string of the molecule is CC[C@H](C)[C@H](N=C1NS(=O)(=O)c2ccccc21)C(=O)N1CCN(c2cccc([N+](=O)[O-])c2)CC1. The third-order valence-corrected chi connectivity index (χ3v) is 7.76. The highest BCUT2D eigenvalue weighted by Gasteiger charge is 2.35. The minimum Gasteiger partial charge on any atom is -0.368 e. The number of nitrogens with one attached hydrogen (secondary N) is 1. The molecule has 0 bridgehead atoms. The van der Waals surface area contributed by atoms with Gasteiger partial charge in [0.15, 0.2) is 0 Å². The molecular weight excluding hydrogens is 458 g/mol. The third-order valence-electron chi connectivity index (χ3n) is 6.36. The molecule has 180 valence electrons. The number of carbonyl (C=O) groups is 1. The molecule has 1 saturated heterocycles. The van der Waals surface area contributed by atoms with Crippen molar-refractivity contribution in [3.05, 3.63) is 64.2 Å². The molecule has 2 aliphatic rings. The van der Waals surface area contributed by atoms with Crippen molar-refractivity contribution in [2.45, 2.75) is 31.2 Å². The van der Waals surface area contributed by atoms with Crippen LogP contribution in [0.15, 0.2) is 58.4 Å². The molecule has 11 heteroatoms. The summed E-state index contributed by atoms with van der Waals surface area (Å²) in [7, 11) is -3.69. The zero-order valence-corrected chi connectivity index (χ0v) is 19.9. The highest BCUT2D eigenvalue weighted by molar-refractivity contribution is 7.90. The van der Waals surface area contributed by atoms with Gasteiger partial charge in [0.25, 0.3) is 15.7 Å². The summed E-state index contributed by atoms with van der Waals surface area (Å²) in [5.41, 5.74) is 1.25. The summed E-state index contributed by atoms with van der Waals surface area (Å²) < 4.78 is 27.4. The summed E-state index contributed by atoms with van der Waals surface area (Å²) >= 11 is 0. The number of non-ortho nitro benzene ring substituents is 1. The molecule has 0 spiro atoms. The molecule has 1 N–H and O–H groups in total. The molecule has 34 heavy (non-hydrogen) atoms. The number of fused-ring (bicyclic) bond motifs is 1. The first kappa shape index (κ1) is 23.7. The van der Waals surface area contributed by atoms with Crippen molar-refractivity contribution in [2.24, 2.45) is 10.9 Å². The summed E-state index contributed by atoms with van der Waals surface area (Å²) in [6.07, 6.45) is 0.704. The van der Waals surface area contributed by atoms with Gasteiger partial charge >= 0.3 is 0 Å². The normalized spacial score (nSPS) is 19.9. The van der Waals surface area contributed by atoms with E-state index in [2.05, 4.69) is 9.71 Å². The lowest BCUT2D eigenvalue weighted by molar-refractivity contribution is -0.384. The first-order chi connectivity index (χ1) is 16.2. The number of sulfonamides is 1. The standard InChI is InChI=1S/C23H27N5O5S/c1-3-16(2)21(24-22-19-9-4-5-10-20(19)34(32,33)25-22)23(29)27-13-11-26(12-14-27)17-7-6-8-18(15-17)28(30)31/h4-10,15-16,21H,3,11-14H2,1-2H3,(H,24,25)/t16-,21-/m0/s1. The van der Waals surface area contributed by atoms with Crippen LogP contribution < -0.4 is 9.62 Å². The highest BCUT2D eigenvalue weighted by atomic mass is 32.2. The molecule has 0 radical (unpaired) electrons. The molecule has 2 aromatic rings. The third kappa shape index (κ3) is 4.60. The number of anilines is 1. The van der Waals surface area contributed by atoms with Crippen LogP contribution in [0.3, 0.4) is 0 Å². The van der Waals surface area contributed by atoms with Crippen molar-refractivity contribution < 1.29 is 18.1 Å². The summed E-state index contributed by atoms with van der Waals surface area (Å²) in [5, 5.41) is 11.1. The highest BCUT2D eigenvalue weighted by Crippen LogP contribution is 2.26. The maximum Gasteiger partial charge on any atom is 0.271 e. The quantitative estimate of drug-likeness (QED) is 0.495. The fourth-order valence-electron chi connectivity index (χ4n) is 4.19. The number of hydrogen-bond donors (Lipinski definition) is 1. The van der Waals surface area contributed by atoms with E-state index < -0.39 is 21.0 Å². The minimum atomic E-state index is -3.69. The average molecular weight is 486 g/mol. The maximum atomic E-state index is 13.5. The van der Waals surface area contributed by atoms with Gasteiger partial charge in [0.1, 0.15) is 11.9 Å². The fourth-order valence-corrected chi connectivity index (χ4v) is 5.43. The molecule has 1 amide bonds. The van der Waals surface area contributed by atoms with Crippen molar-refractivity contribution in [3.8, 4) is 0 Å². The van der Waals surface area contributed by atoms with Gasteiger partial charge < -0.3 is 9.80 Å². The number of rotatable bonds is 6. The number of carbonyl (C=O) groups excluding carboxylic acids is 1. The molecule has 0 aromatic heterocycles. The Morgan fingerprint density at radius 3 is 2.53 bits per heavy atom. The summed E-state index contributed by atoms with van der Waals surface area (Å²) in [6, 6.07) is 12.3. The van der Waals surface area contributed by atoms with Gasteiger partial charge in [-0.2, -0.15) is 0 Å². The van der Waals surface area contributed by atoms with Crippen LogP contribution in [0.1, 0.15) is 25.8 Å². The van der Waals surface area contributed by atoms with Crippen LogP contribution in [0, 0.1) is 16.0 Å². The van der Waals surface area contributed by atoms with Crippen molar-refractivity contribution in [3.63, 3.8) is 0 Å². The Hall–Kier alpha value is -3.47. The summed E-state index contributed by atoms with van der Waals surface area (Å²) in [6.45, 7) is 5.86. The lowest BCUT2D eigenvalue weighted by Gasteiger charge is -2.37. The lowest BCUT2D eigenvalue weighted by atomic mass is 9.97. The predicted octanol–water partition coefficient (Wildman–Crippen LogP) is 2.40. The Morgan fingerprint density at radius 1 is 1.15 bits per heavy atom. The number of nitrogens with zero attached hydrogens (tertiary/aromatic N) is 4. The number of aliphatic imine (C=N–C) groups is 1. The maximum absolute atomic E-state index is 13.5.